The van der Waals surface area contributed by atoms with Crippen LogP contribution in [-0.4, -0.2) is 83.3 Å². The van der Waals surface area contributed by atoms with Gasteiger partial charge >= 0.3 is 5.97 Å². The highest BCUT2D eigenvalue weighted by Crippen LogP contribution is 2.53. The highest BCUT2D eigenvalue weighted by Gasteiger charge is 2.71. The van der Waals surface area contributed by atoms with Gasteiger partial charge in [-0.2, -0.15) is 0 Å². The van der Waals surface area contributed by atoms with Gasteiger partial charge in [-0.25, -0.2) is 0 Å². The van der Waals surface area contributed by atoms with Gasteiger partial charge in [0.05, 0.1) is 12.0 Å². The Labute approximate surface area is 182 Å². The minimum absolute atomic E-state index is 0.0987. The molecule has 4 rings (SSSR count). The van der Waals surface area contributed by atoms with Crippen LogP contribution in [0.1, 0.15) is 39.0 Å². The van der Waals surface area contributed by atoms with Gasteiger partial charge in [-0.3, -0.25) is 14.4 Å². The molecule has 0 aliphatic carbocycles. The first-order valence-electron chi connectivity index (χ1n) is 11.4. The van der Waals surface area contributed by atoms with Crippen molar-refractivity contribution in [1.82, 2.24) is 9.80 Å². The van der Waals surface area contributed by atoms with Crippen LogP contribution in [0.5, 0.6) is 0 Å². The van der Waals surface area contributed by atoms with E-state index in [0.29, 0.717) is 32.5 Å². The van der Waals surface area contributed by atoms with Crippen LogP contribution in [0.25, 0.3) is 0 Å². The van der Waals surface area contributed by atoms with Gasteiger partial charge in [0.2, 0.25) is 11.8 Å². The molecule has 4 heterocycles. The maximum Gasteiger partial charge on any atom is 0.313 e. The summed E-state index contributed by atoms with van der Waals surface area (Å²) < 4.78 is 11.7. The number of hydrogen-bond donors (Lipinski definition) is 1. The lowest BCUT2D eigenvalue weighted by molar-refractivity contribution is -0.153. The first-order valence-corrected chi connectivity index (χ1v) is 11.4. The van der Waals surface area contributed by atoms with Gasteiger partial charge in [0.1, 0.15) is 24.2 Å². The molecule has 0 aromatic heterocycles. The molecule has 1 spiro atoms. The van der Waals surface area contributed by atoms with Crippen molar-refractivity contribution >= 4 is 17.8 Å². The summed E-state index contributed by atoms with van der Waals surface area (Å²) >= 11 is 0. The van der Waals surface area contributed by atoms with Gasteiger partial charge in [0, 0.05) is 26.2 Å². The fourth-order valence-electron chi connectivity index (χ4n) is 5.38. The maximum absolute atomic E-state index is 13.7. The van der Waals surface area contributed by atoms with Gasteiger partial charge in [-0.1, -0.05) is 31.6 Å². The van der Waals surface area contributed by atoms with Crippen LogP contribution < -0.4 is 0 Å². The van der Waals surface area contributed by atoms with Crippen LogP contribution in [0.4, 0.5) is 0 Å². The zero-order chi connectivity index (χ0) is 22.0. The van der Waals surface area contributed by atoms with Gasteiger partial charge < -0.3 is 24.4 Å². The zero-order valence-corrected chi connectivity index (χ0v) is 18.1. The molecule has 0 aromatic rings. The molecule has 2 fully saturated rings. The van der Waals surface area contributed by atoms with E-state index in [1.165, 1.54) is 0 Å². The number of fused-ring (bicyclic) bond motifs is 2. The van der Waals surface area contributed by atoms with E-state index < -0.39 is 35.6 Å². The Morgan fingerprint density at radius 3 is 2.71 bits per heavy atom. The number of hydrogen-bond acceptors (Lipinski definition) is 6. The van der Waals surface area contributed by atoms with Gasteiger partial charge in [-0.15, -0.1) is 0 Å². The molecule has 31 heavy (non-hydrogen) atoms. The molecule has 4 aliphatic rings. The molecule has 1 unspecified atom stereocenters. The van der Waals surface area contributed by atoms with Crippen molar-refractivity contribution in [3.05, 3.63) is 24.3 Å². The summed E-state index contributed by atoms with van der Waals surface area (Å²) in [5.41, 5.74) is -1.16. The summed E-state index contributed by atoms with van der Waals surface area (Å²) in [7, 11) is 0. The predicted molar refractivity (Wildman–Crippen MR) is 112 cm³/mol. The summed E-state index contributed by atoms with van der Waals surface area (Å²) in [6.07, 6.45) is 10.6. The predicted octanol–water partition coefficient (Wildman–Crippen LogP) is 1.04. The van der Waals surface area contributed by atoms with Gasteiger partial charge in [0.15, 0.2) is 0 Å². The number of likely N-dealkylation sites (tertiary alicyclic amines) is 1. The number of unbranched alkanes of at least 4 members (excludes halogenated alkanes) is 3. The third kappa shape index (κ3) is 3.69. The third-order valence-electron chi connectivity index (χ3n) is 6.84. The lowest BCUT2D eigenvalue weighted by Gasteiger charge is -2.35. The smallest absolute Gasteiger partial charge is 0.313 e. The van der Waals surface area contributed by atoms with Crippen LogP contribution in [-0.2, 0) is 23.9 Å². The summed E-state index contributed by atoms with van der Waals surface area (Å²) in [4.78, 5) is 43.6. The number of cyclic esters (lactones) is 1. The van der Waals surface area contributed by atoms with Crippen LogP contribution in [0.15, 0.2) is 24.3 Å². The van der Waals surface area contributed by atoms with Crippen molar-refractivity contribution in [1.29, 1.82) is 0 Å². The molecule has 0 saturated carbocycles. The van der Waals surface area contributed by atoms with Crippen LogP contribution in [0.2, 0.25) is 0 Å². The molecule has 0 aromatic carbocycles. The van der Waals surface area contributed by atoms with E-state index in [-0.39, 0.29) is 25.0 Å². The van der Waals surface area contributed by atoms with Crippen LogP contribution in [0.3, 0.4) is 0 Å². The van der Waals surface area contributed by atoms with Crippen molar-refractivity contribution in [2.24, 2.45) is 11.8 Å². The molecule has 170 valence electrons. The Kier molecular flexibility index (Phi) is 6.48. The summed E-state index contributed by atoms with van der Waals surface area (Å²) in [5, 5.41) is 9.08. The number of nitrogens with zero attached hydrogens (tertiary/aromatic N) is 2. The Bertz CT molecular complexity index is 780. The molecule has 8 nitrogen and oxygen atoms in total. The maximum atomic E-state index is 13.7. The van der Waals surface area contributed by atoms with Crippen LogP contribution >= 0.6 is 0 Å². The fourth-order valence-corrected chi connectivity index (χ4v) is 5.38. The average molecular weight is 433 g/mol. The number of carbonyl (C=O) groups is 3. The second-order valence-corrected chi connectivity index (χ2v) is 8.76. The third-order valence-corrected chi connectivity index (χ3v) is 6.84. The van der Waals surface area contributed by atoms with Crippen molar-refractivity contribution < 1.29 is 29.0 Å². The molecule has 2 amide bonds. The van der Waals surface area contributed by atoms with Gasteiger partial charge in [-0.05, 0) is 31.8 Å². The second-order valence-electron chi connectivity index (χ2n) is 8.76. The number of ether oxygens (including phenoxy) is 2. The number of aliphatic hydroxyl groups excluding tert-OH is 1. The summed E-state index contributed by atoms with van der Waals surface area (Å²) in [5.74, 6) is -2.31. The fraction of sp³-hybridized carbons (Fsp3) is 0.696. The number of aliphatic hydroxyl groups is 1. The number of esters is 1. The lowest BCUT2D eigenvalue weighted by Crippen LogP contribution is -2.55. The highest BCUT2D eigenvalue weighted by molar-refractivity contribution is 5.99. The number of amides is 2. The largest absolute Gasteiger partial charge is 0.461 e. The molecule has 5 atom stereocenters. The molecule has 4 aliphatic heterocycles. The van der Waals surface area contributed by atoms with Gasteiger partial charge in [0.25, 0.3) is 0 Å². The number of carbonyl (C=O) groups excluding carboxylic acids is 3. The first kappa shape index (κ1) is 22.0. The Morgan fingerprint density at radius 1 is 1.10 bits per heavy atom. The Hall–Kier alpha value is -2.19. The average Bonchev–Trinajstić information content (AvgIpc) is 3.05. The standard InChI is InChI=1S/C23H32N2O6/c1-2-3-11-24-12-8-10-23-18(17-16(31-23)9-7-15-30-22(17)29)20(27)25(19(23)21(24)28)13-5-4-6-14-26/h7-10,16-19,26H,2-6,11-15H2,1H3/t16-,17+,18+,19?,23+/m1/s1. The second kappa shape index (κ2) is 9.12. The van der Waals surface area contributed by atoms with Crippen LogP contribution in [0, 0.1) is 11.8 Å². The Morgan fingerprint density at radius 2 is 1.94 bits per heavy atom. The summed E-state index contributed by atoms with van der Waals surface area (Å²) in [6.45, 7) is 3.83. The first-order chi connectivity index (χ1) is 15.0. The van der Waals surface area contributed by atoms with E-state index in [9.17, 15) is 14.4 Å². The molecule has 8 heteroatoms. The highest BCUT2D eigenvalue weighted by atomic mass is 16.6. The van der Waals surface area contributed by atoms with E-state index in [0.717, 1.165) is 19.3 Å². The molecular weight excluding hydrogens is 400 g/mol. The minimum atomic E-state index is -1.16. The normalized spacial score (nSPS) is 34.3. The molecular formula is C23H32N2O6. The van der Waals surface area contributed by atoms with E-state index in [4.69, 9.17) is 14.6 Å². The molecule has 1 N–H and O–H groups in total. The lowest BCUT2D eigenvalue weighted by atomic mass is 9.78. The molecule has 2 saturated heterocycles. The van der Waals surface area contributed by atoms with E-state index in [1.54, 1.807) is 22.0 Å². The SMILES string of the molecule is CCCCN1CC=C[C@]23O[C@@H]4C=CCOC(=O)[C@@H]4[C@H]2C(=O)N(CCCCCO)C3C1=O. The Balaban J connectivity index is 1.71. The van der Waals surface area contributed by atoms with E-state index in [2.05, 4.69) is 6.92 Å². The van der Waals surface area contributed by atoms with E-state index in [1.807, 2.05) is 12.2 Å². The zero-order valence-electron chi connectivity index (χ0n) is 18.1. The number of rotatable bonds is 8. The van der Waals surface area contributed by atoms with Crippen molar-refractivity contribution in [3.63, 3.8) is 0 Å². The quantitative estimate of drug-likeness (QED) is 0.350. The minimum Gasteiger partial charge on any atom is -0.461 e. The van der Waals surface area contributed by atoms with Crippen molar-refractivity contribution in [2.75, 3.05) is 32.8 Å². The molecule has 0 bridgehead atoms. The van der Waals surface area contributed by atoms with Crippen molar-refractivity contribution in [3.8, 4) is 0 Å². The topological polar surface area (TPSA) is 96.4 Å². The van der Waals surface area contributed by atoms with Crippen molar-refractivity contribution in [2.45, 2.75) is 56.8 Å². The monoisotopic (exact) mass is 432 g/mol. The summed E-state index contributed by atoms with van der Waals surface area (Å²) in [6, 6.07) is -0.789. The van der Waals surface area contributed by atoms with E-state index >= 15 is 0 Å². The molecule has 0 radical (unpaired) electrons.